The van der Waals surface area contributed by atoms with E-state index in [2.05, 4.69) is 30.6 Å². The van der Waals surface area contributed by atoms with Crippen LogP contribution in [0.15, 0.2) is 30.5 Å². The number of benzene rings is 1. The third-order valence-electron chi connectivity index (χ3n) is 4.07. The number of Topliss-reactive ketones (excluding diaryl/α,β-unsaturated/α-hetero) is 1. The molecular formula is C19H21N7O3. The molecule has 3 aromatic rings. The summed E-state index contributed by atoms with van der Waals surface area (Å²) in [5, 5.41) is 15.8. The van der Waals surface area contributed by atoms with Crippen LogP contribution in [0.5, 0.6) is 5.88 Å². The number of nitrogens with two attached hydrogens (primary N) is 1. The summed E-state index contributed by atoms with van der Waals surface area (Å²) in [6.45, 7) is 2.34. The molecule has 0 atom stereocenters. The van der Waals surface area contributed by atoms with Gasteiger partial charge in [0.05, 0.1) is 18.4 Å². The van der Waals surface area contributed by atoms with Crippen LogP contribution in [-0.2, 0) is 11.3 Å². The Morgan fingerprint density at radius 1 is 1.14 bits per heavy atom. The molecule has 1 amide bonds. The van der Waals surface area contributed by atoms with Gasteiger partial charge in [-0.3, -0.25) is 4.79 Å². The molecule has 0 fully saturated rings. The molecule has 5 N–H and O–H groups in total. The van der Waals surface area contributed by atoms with Crippen LogP contribution in [0.25, 0.3) is 11.2 Å². The van der Waals surface area contributed by atoms with Crippen LogP contribution in [0, 0.1) is 0 Å². The van der Waals surface area contributed by atoms with E-state index in [1.54, 1.807) is 24.3 Å². The van der Waals surface area contributed by atoms with Crippen LogP contribution < -0.4 is 16.4 Å². The minimum atomic E-state index is -0.319. The Morgan fingerprint density at radius 3 is 2.62 bits per heavy atom. The maximum atomic E-state index is 12.1. The van der Waals surface area contributed by atoms with E-state index in [0.717, 1.165) is 5.69 Å². The molecule has 0 aliphatic heterocycles. The monoisotopic (exact) mass is 395 g/mol. The minimum Gasteiger partial charge on any atom is -0.492 e. The molecule has 0 saturated heterocycles. The third kappa shape index (κ3) is 5.34. The van der Waals surface area contributed by atoms with Crippen LogP contribution in [0.1, 0.15) is 35.8 Å². The number of aromatic hydroxyl groups is 1. The Bertz CT molecular complexity index is 1040. The molecular weight excluding hydrogens is 374 g/mol. The zero-order chi connectivity index (χ0) is 20.8. The Kier molecular flexibility index (Phi) is 6.12. The van der Waals surface area contributed by atoms with Crippen molar-refractivity contribution >= 4 is 34.5 Å². The second-order valence-corrected chi connectivity index (χ2v) is 6.43. The Morgan fingerprint density at radius 2 is 1.90 bits per heavy atom. The highest BCUT2D eigenvalue weighted by molar-refractivity contribution is 5.94. The fourth-order valence-electron chi connectivity index (χ4n) is 2.60. The van der Waals surface area contributed by atoms with E-state index in [1.165, 1.54) is 13.1 Å². The number of rotatable bonds is 8. The number of ketones is 1. The molecule has 0 bridgehead atoms. The molecule has 2 aromatic heterocycles. The van der Waals surface area contributed by atoms with E-state index in [4.69, 9.17) is 5.73 Å². The van der Waals surface area contributed by atoms with Crippen molar-refractivity contribution in [3.05, 3.63) is 41.7 Å². The number of fused-ring (bicyclic) bond motifs is 1. The SMILES string of the molecule is CC(=O)CCCNC(=O)c1ccc(NCc2cnc3nc(N)nc(O)c3n2)cc1. The van der Waals surface area contributed by atoms with Crippen LogP contribution in [0.4, 0.5) is 11.6 Å². The molecule has 10 nitrogen and oxygen atoms in total. The highest BCUT2D eigenvalue weighted by Gasteiger charge is 2.09. The van der Waals surface area contributed by atoms with E-state index in [0.29, 0.717) is 37.2 Å². The number of hydrogen-bond acceptors (Lipinski definition) is 9. The number of aromatic nitrogens is 4. The maximum absolute atomic E-state index is 12.1. The van der Waals surface area contributed by atoms with Crippen LogP contribution >= 0.6 is 0 Å². The molecule has 150 valence electrons. The number of amides is 1. The van der Waals surface area contributed by atoms with Crippen molar-refractivity contribution in [2.45, 2.75) is 26.3 Å². The van der Waals surface area contributed by atoms with Crippen molar-refractivity contribution in [1.29, 1.82) is 0 Å². The molecule has 0 aliphatic carbocycles. The lowest BCUT2D eigenvalue weighted by Crippen LogP contribution is -2.24. The normalized spacial score (nSPS) is 10.7. The van der Waals surface area contributed by atoms with Gasteiger partial charge in [0.15, 0.2) is 11.2 Å². The number of carbonyl (C=O) groups excluding carboxylic acids is 2. The summed E-state index contributed by atoms with van der Waals surface area (Å²) in [6, 6.07) is 6.97. The van der Waals surface area contributed by atoms with E-state index in [-0.39, 0.29) is 34.7 Å². The van der Waals surface area contributed by atoms with Gasteiger partial charge in [-0.2, -0.15) is 9.97 Å². The average molecular weight is 395 g/mol. The molecule has 0 unspecified atom stereocenters. The minimum absolute atomic E-state index is 0.0712. The summed E-state index contributed by atoms with van der Waals surface area (Å²) in [4.78, 5) is 39.0. The predicted molar refractivity (Wildman–Crippen MR) is 107 cm³/mol. The van der Waals surface area contributed by atoms with Gasteiger partial charge in [0.1, 0.15) is 5.78 Å². The van der Waals surface area contributed by atoms with E-state index in [9.17, 15) is 14.7 Å². The first-order chi connectivity index (χ1) is 13.9. The first-order valence-corrected chi connectivity index (χ1v) is 9.02. The van der Waals surface area contributed by atoms with E-state index >= 15 is 0 Å². The van der Waals surface area contributed by atoms with Gasteiger partial charge in [-0.1, -0.05) is 0 Å². The lowest BCUT2D eigenvalue weighted by atomic mass is 10.2. The van der Waals surface area contributed by atoms with Crippen molar-refractivity contribution < 1.29 is 14.7 Å². The third-order valence-corrected chi connectivity index (χ3v) is 4.07. The number of hydrogen-bond donors (Lipinski definition) is 4. The number of nitrogens with zero attached hydrogens (tertiary/aromatic N) is 4. The van der Waals surface area contributed by atoms with E-state index < -0.39 is 0 Å². The first kappa shape index (κ1) is 19.9. The number of anilines is 2. The Balaban J connectivity index is 1.57. The number of nitrogens with one attached hydrogen (secondary N) is 2. The maximum Gasteiger partial charge on any atom is 0.251 e. The lowest BCUT2D eigenvalue weighted by molar-refractivity contribution is -0.117. The summed E-state index contributed by atoms with van der Waals surface area (Å²) in [5.41, 5.74) is 7.77. The highest BCUT2D eigenvalue weighted by atomic mass is 16.3. The van der Waals surface area contributed by atoms with Crippen molar-refractivity contribution in [1.82, 2.24) is 25.3 Å². The summed E-state index contributed by atoms with van der Waals surface area (Å²) >= 11 is 0. The highest BCUT2D eigenvalue weighted by Crippen LogP contribution is 2.18. The van der Waals surface area contributed by atoms with Gasteiger partial charge in [-0.15, -0.1) is 0 Å². The van der Waals surface area contributed by atoms with Crippen LogP contribution in [-0.4, -0.2) is 43.3 Å². The quantitative estimate of drug-likeness (QED) is 0.414. The molecule has 3 rings (SSSR count). The Hall–Kier alpha value is -3.82. The van der Waals surface area contributed by atoms with Gasteiger partial charge in [-0.05, 0) is 37.6 Å². The standard InChI is InChI=1S/C19H21N7O3/c1-11(27)3-2-8-21-17(28)12-4-6-13(7-5-12)22-9-14-10-23-16-15(24-14)18(29)26-19(20)25-16/h4-7,10,22H,2-3,8-9H2,1H3,(H,21,28)(H3,20,23,25,26,29). The molecule has 29 heavy (non-hydrogen) atoms. The summed E-state index contributed by atoms with van der Waals surface area (Å²) in [6.07, 6.45) is 2.61. The zero-order valence-electron chi connectivity index (χ0n) is 15.8. The van der Waals surface area contributed by atoms with Gasteiger partial charge in [0.2, 0.25) is 11.8 Å². The lowest BCUT2D eigenvalue weighted by Gasteiger charge is -2.08. The first-order valence-electron chi connectivity index (χ1n) is 9.02. The summed E-state index contributed by atoms with van der Waals surface area (Å²) in [7, 11) is 0. The van der Waals surface area contributed by atoms with Gasteiger partial charge >= 0.3 is 0 Å². The molecule has 0 radical (unpaired) electrons. The van der Waals surface area contributed by atoms with Crippen molar-refractivity contribution in [3.8, 4) is 5.88 Å². The molecule has 2 heterocycles. The van der Waals surface area contributed by atoms with Crippen molar-refractivity contribution in [2.24, 2.45) is 0 Å². The molecule has 10 heteroatoms. The fourth-order valence-corrected chi connectivity index (χ4v) is 2.60. The van der Waals surface area contributed by atoms with Gasteiger partial charge in [0.25, 0.3) is 5.91 Å². The van der Waals surface area contributed by atoms with E-state index in [1.807, 2.05) is 0 Å². The van der Waals surface area contributed by atoms with Crippen LogP contribution in [0.3, 0.4) is 0 Å². The van der Waals surface area contributed by atoms with Gasteiger partial charge < -0.3 is 26.3 Å². The van der Waals surface area contributed by atoms with Crippen molar-refractivity contribution in [2.75, 3.05) is 17.6 Å². The van der Waals surface area contributed by atoms with Gasteiger partial charge in [-0.25, -0.2) is 9.97 Å². The van der Waals surface area contributed by atoms with Crippen LogP contribution in [0.2, 0.25) is 0 Å². The smallest absolute Gasteiger partial charge is 0.251 e. The largest absolute Gasteiger partial charge is 0.492 e. The Labute approximate surface area is 166 Å². The number of nitrogen functional groups attached to an aromatic ring is 1. The van der Waals surface area contributed by atoms with Crippen molar-refractivity contribution in [3.63, 3.8) is 0 Å². The fraction of sp³-hybridized carbons (Fsp3) is 0.263. The topological polar surface area (TPSA) is 156 Å². The molecule has 0 saturated carbocycles. The predicted octanol–water partition coefficient (Wildman–Crippen LogP) is 1.42. The second kappa shape index (κ2) is 8.91. The average Bonchev–Trinajstić information content (AvgIpc) is 2.70. The zero-order valence-corrected chi connectivity index (χ0v) is 15.8. The molecule has 1 aromatic carbocycles. The summed E-state index contributed by atoms with van der Waals surface area (Å²) < 4.78 is 0. The molecule has 0 spiro atoms. The molecule has 0 aliphatic rings. The number of carbonyl (C=O) groups is 2. The van der Waals surface area contributed by atoms with Gasteiger partial charge in [0, 0.05) is 24.2 Å². The second-order valence-electron chi connectivity index (χ2n) is 6.43. The summed E-state index contributed by atoms with van der Waals surface area (Å²) in [5.74, 6) is -0.466.